The Kier molecular flexibility index (Phi) is 4.80. The van der Waals surface area contributed by atoms with Crippen molar-refractivity contribution in [2.24, 2.45) is 0 Å². The summed E-state index contributed by atoms with van der Waals surface area (Å²) in [6.45, 7) is -0.334. The first kappa shape index (κ1) is 18.4. The van der Waals surface area contributed by atoms with E-state index in [-0.39, 0.29) is 29.3 Å². The van der Waals surface area contributed by atoms with Gasteiger partial charge in [-0.2, -0.15) is 13.2 Å². The second-order valence-electron chi connectivity index (χ2n) is 5.50. The van der Waals surface area contributed by atoms with E-state index in [4.69, 9.17) is 10.2 Å². The van der Waals surface area contributed by atoms with Crippen LogP contribution in [0.5, 0.6) is 0 Å². The van der Waals surface area contributed by atoms with E-state index in [1.165, 1.54) is 12.5 Å². The number of furan rings is 1. The lowest BCUT2D eigenvalue weighted by Gasteiger charge is -2.11. The molecule has 0 aliphatic rings. The minimum absolute atomic E-state index is 0.0534. The van der Waals surface area contributed by atoms with E-state index in [2.05, 4.69) is 15.3 Å². The van der Waals surface area contributed by atoms with Crippen molar-refractivity contribution in [3.63, 3.8) is 0 Å². The van der Waals surface area contributed by atoms with Crippen LogP contribution in [0, 0.1) is 5.82 Å². The van der Waals surface area contributed by atoms with Gasteiger partial charge in [-0.05, 0) is 35.9 Å². The summed E-state index contributed by atoms with van der Waals surface area (Å²) >= 11 is 0. The van der Waals surface area contributed by atoms with Crippen LogP contribution in [0.15, 0.2) is 47.2 Å². The Morgan fingerprint density at radius 3 is 2.67 bits per heavy atom. The van der Waals surface area contributed by atoms with E-state index < -0.39 is 23.5 Å². The molecular weight excluding hydrogens is 368 g/mol. The zero-order chi connectivity index (χ0) is 19.6. The Labute approximate surface area is 150 Å². The predicted molar refractivity (Wildman–Crippen MR) is 86.7 cm³/mol. The van der Waals surface area contributed by atoms with Crippen LogP contribution in [0.4, 0.5) is 23.4 Å². The highest BCUT2D eigenvalue weighted by Crippen LogP contribution is 2.30. The molecule has 0 unspecified atom stereocenters. The summed E-state index contributed by atoms with van der Waals surface area (Å²) in [4.78, 5) is 20.1. The number of carbonyl (C=O) groups is 1. The molecule has 1 aromatic carbocycles. The quantitative estimate of drug-likeness (QED) is 0.677. The van der Waals surface area contributed by atoms with E-state index in [1.807, 2.05) is 0 Å². The molecule has 0 aliphatic heterocycles. The zero-order valence-corrected chi connectivity index (χ0v) is 13.5. The third-order valence-electron chi connectivity index (χ3n) is 3.54. The van der Waals surface area contributed by atoms with Gasteiger partial charge in [-0.15, -0.1) is 0 Å². The van der Waals surface area contributed by atoms with Crippen LogP contribution in [0.1, 0.15) is 21.5 Å². The molecule has 10 heteroatoms. The normalized spacial score (nSPS) is 11.4. The average Bonchev–Trinajstić information content (AvgIpc) is 3.13. The fourth-order valence-corrected chi connectivity index (χ4v) is 2.29. The van der Waals surface area contributed by atoms with Crippen LogP contribution in [-0.4, -0.2) is 15.9 Å². The fourth-order valence-electron chi connectivity index (χ4n) is 2.29. The number of anilines is 1. The molecular formula is C17H12F4N4O2. The van der Waals surface area contributed by atoms with Crippen molar-refractivity contribution in [1.82, 2.24) is 15.3 Å². The molecule has 0 atom stereocenters. The van der Waals surface area contributed by atoms with Crippen LogP contribution < -0.4 is 11.1 Å². The third-order valence-corrected chi connectivity index (χ3v) is 3.54. The maximum absolute atomic E-state index is 13.4. The van der Waals surface area contributed by atoms with Gasteiger partial charge in [-0.1, -0.05) is 0 Å². The highest BCUT2D eigenvalue weighted by Gasteiger charge is 2.31. The van der Waals surface area contributed by atoms with Gasteiger partial charge in [0.15, 0.2) is 11.6 Å². The fraction of sp³-hybridized carbons (Fsp3) is 0.118. The van der Waals surface area contributed by atoms with E-state index >= 15 is 0 Å². The molecule has 2 heterocycles. The van der Waals surface area contributed by atoms with Gasteiger partial charge in [-0.25, -0.2) is 14.4 Å². The number of rotatable bonds is 4. The van der Waals surface area contributed by atoms with E-state index in [9.17, 15) is 22.4 Å². The van der Waals surface area contributed by atoms with Crippen molar-refractivity contribution in [3.8, 4) is 11.6 Å². The Balaban J connectivity index is 1.74. The van der Waals surface area contributed by atoms with Gasteiger partial charge >= 0.3 is 6.18 Å². The topological polar surface area (TPSA) is 94.0 Å². The first-order chi connectivity index (χ1) is 12.7. The molecule has 3 rings (SSSR count). The number of aromatic nitrogens is 2. The van der Waals surface area contributed by atoms with Crippen molar-refractivity contribution in [1.29, 1.82) is 0 Å². The van der Waals surface area contributed by atoms with E-state index in [0.717, 1.165) is 12.1 Å². The zero-order valence-electron chi connectivity index (χ0n) is 13.5. The van der Waals surface area contributed by atoms with Crippen molar-refractivity contribution in [3.05, 3.63) is 65.3 Å². The maximum Gasteiger partial charge on any atom is 0.416 e. The molecule has 3 aromatic rings. The van der Waals surface area contributed by atoms with Gasteiger partial charge in [0.2, 0.25) is 0 Å². The first-order valence-electron chi connectivity index (χ1n) is 7.55. The molecule has 0 fully saturated rings. The molecule has 6 nitrogen and oxygen atoms in total. The lowest BCUT2D eigenvalue weighted by atomic mass is 10.1. The number of hydrogen-bond acceptors (Lipinski definition) is 5. The molecule has 2 aromatic heterocycles. The molecule has 0 saturated carbocycles. The molecule has 0 bridgehead atoms. The van der Waals surface area contributed by atoms with Crippen LogP contribution >= 0.6 is 0 Å². The molecule has 140 valence electrons. The van der Waals surface area contributed by atoms with Gasteiger partial charge in [0, 0.05) is 12.7 Å². The first-order valence-corrected chi connectivity index (χ1v) is 7.55. The Bertz CT molecular complexity index is 972. The van der Waals surface area contributed by atoms with E-state index in [0.29, 0.717) is 11.8 Å². The highest BCUT2D eigenvalue weighted by atomic mass is 19.4. The second-order valence-corrected chi connectivity index (χ2v) is 5.50. The summed E-state index contributed by atoms with van der Waals surface area (Å²) in [6.07, 6.45) is -2.10. The van der Waals surface area contributed by atoms with Crippen LogP contribution in [0.3, 0.4) is 0 Å². The Morgan fingerprint density at radius 1 is 1.26 bits per heavy atom. The summed E-state index contributed by atoms with van der Waals surface area (Å²) in [5.74, 6) is -1.37. The number of amides is 1. The van der Waals surface area contributed by atoms with Crippen molar-refractivity contribution in [2.75, 3.05) is 5.73 Å². The predicted octanol–water partition coefficient (Wildman–Crippen LogP) is 3.41. The van der Waals surface area contributed by atoms with Crippen molar-refractivity contribution in [2.45, 2.75) is 12.7 Å². The largest absolute Gasteiger partial charge is 0.461 e. The number of hydrogen-bond donors (Lipinski definition) is 2. The summed E-state index contributed by atoms with van der Waals surface area (Å²) in [5, 5.41) is 2.36. The minimum Gasteiger partial charge on any atom is -0.461 e. The van der Waals surface area contributed by atoms with Crippen LogP contribution in [-0.2, 0) is 12.7 Å². The smallest absolute Gasteiger partial charge is 0.416 e. The Morgan fingerprint density at radius 2 is 2.04 bits per heavy atom. The molecule has 0 spiro atoms. The van der Waals surface area contributed by atoms with Gasteiger partial charge in [0.25, 0.3) is 5.91 Å². The highest BCUT2D eigenvalue weighted by molar-refractivity contribution is 5.98. The number of nitrogens with zero attached hydrogens (tertiary/aromatic N) is 2. The summed E-state index contributed by atoms with van der Waals surface area (Å²) in [7, 11) is 0. The van der Waals surface area contributed by atoms with Gasteiger partial charge < -0.3 is 15.5 Å². The molecule has 0 radical (unpaired) electrons. The summed E-state index contributed by atoms with van der Waals surface area (Å²) in [5.41, 5.74) is 4.47. The molecule has 1 amide bonds. The van der Waals surface area contributed by atoms with Crippen molar-refractivity contribution < 1.29 is 26.8 Å². The number of carbonyl (C=O) groups excluding carboxylic acids is 1. The van der Waals surface area contributed by atoms with Crippen molar-refractivity contribution >= 4 is 11.7 Å². The van der Waals surface area contributed by atoms with Gasteiger partial charge in [0.05, 0.1) is 17.4 Å². The van der Waals surface area contributed by atoms with E-state index in [1.54, 1.807) is 12.1 Å². The Hall–Kier alpha value is -3.43. The number of alkyl halides is 3. The summed E-state index contributed by atoms with van der Waals surface area (Å²) < 4.78 is 56.7. The lowest BCUT2D eigenvalue weighted by Crippen LogP contribution is -2.25. The monoisotopic (exact) mass is 380 g/mol. The average molecular weight is 380 g/mol. The van der Waals surface area contributed by atoms with Gasteiger partial charge in [0.1, 0.15) is 11.6 Å². The third kappa shape index (κ3) is 4.22. The summed E-state index contributed by atoms with van der Waals surface area (Å²) in [6, 6.07) is 5.27. The number of halogens is 4. The SMILES string of the molecule is Nc1nc(-c2ccco2)ncc1C(=O)NCc1cc(F)cc(C(F)(F)F)c1. The molecule has 27 heavy (non-hydrogen) atoms. The van der Waals surface area contributed by atoms with Gasteiger partial charge in [-0.3, -0.25) is 4.79 Å². The lowest BCUT2D eigenvalue weighted by molar-refractivity contribution is -0.137. The molecule has 0 saturated heterocycles. The standard InChI is InChI=1S/C17H12F4N4O2/c18-11-5-9(4-10(6-11)17(19,20)21)7-24-16(26)12-8-23-15(25-14(12)22)13-2-1-3-27-13/h1-6,8H,7H2,(H,24,26)(H2,22,23,25). The number of nitrogen functional groups attached to an aromatic ring is 1. The number of nitrogens with two attached hydrogens (primary N) is 1. The number of benzene rings is 1. The second kappa shape index (κ2) is 7.06. The minimum atomic E-state index is -4.69. The van der Waals surface area contributed by atoms with Crippen LogP contribution in [0.2, 0.25) is 0 Å². The maximum atomic E-state index is 13.4. The number of nitrogens with one attached hydrogen (secondary N) is 1. The van der Waals surface area contributed by atoms with Crippen LogP contribution in [0.25, 0.3) is 11.6 Å². The molecule has 3 N–H and O–H groups in total. The molecule has 0 aliphatic carbocycles.